The van der Waals surface area contributed by atoms with Crippen molar-refractivity contribution in [3.05, 3.63) is 83.9 Å². The summed E-state index contributed by atoms with van der Waals surface area (Å²) >= 11 is 0. The van der Waals surface area contributed by atoms with Crippen LogP contribution in [0.1, 0.15) is 43.7 Å². The van der Waals surface area contributed by atoms with Gasteiger partial charge >= 0.3 is 11.9 Å². The summed E-state index contributed by atoms with van der Waals surface area (Å²) in [7, 11) is 0. The predicted octanol–water partition coefficient (Wildman–Crippen LogP) is 5.41. The van der Waals surface area contributed by atoms with Crippen LogP contribution in [0.3, 0.4) is 0 Å². The maximum absolute atomic E-state index is 12.1. The molecule has 2 aromatic rings. The standard InChI is InChI=1S/C24H26O4/c1-2-3-6-15-24(27-22(25)18-16-20-11-7-4-8-12-20)28-23(26)19-17-21-13-9-5-10-14-21/h4-5,7-14,16-19,24H,2-3,6,15H2,1H3. The lowest BCUT2D eigenvalue weighted by Crippen LogP contribution is -2.23. The van der Waals surface area contributed by atoms with Crippen LogP contribution in [0.2, 0.25) is 0 Å². The third-order valence-electron chi connectivity index (χ3n) is 3.96. The van der Waals surface area contributed by atoms with E-state index in [1.165, 1.54) is 12.2 Å². The molecule has 0 bridgehead atoms. The predicted molar refractivity (Wildman–Crippen MR) is 111 cm³/mol. The molecule has 0 aromatic heterocycles. The highest BCUT2D eigenvalue weighted by Crippen LogP contribution is 2.11. The van der Waals surface area contributed by atoms with Gasteiger partial charge in [-0.05, 0) is 29.7 Å². The molecule has 0 radical (unpaired) electrons. The van der Waals surface area contributed by atoms with E-state index in [-0.39, 0.29) is 0 Å². The first kappa shape index (κ1) is 21.2. The van der Waals surface area contributed by atoms with E-state index >= 15 is 0 Å². The van der Waals surface area contributed by atoms with Gasteiger partial charge in [0.2, 0.25) is 6.29 Å². The lowest BCUT2D eigenvalue weighted by atomic mass is 10.2. The molecule has 0 spiro atoms. The monoisotopic (exact) mass is 378 g/mol. The van der Waals surface area contributed by atoms with Crippen molar-refractivity contribution in [2.45, 2.75) is 38.9 Å². The average molecular weight is 378 g/mol. The molecule has 0 atom stereocenters. The van der Waals surface area contributed by atoms with Crippen molar-refractivity contribution in [3.63, 3.8) is 0 Å². The van der Waals surface area contributed by atoms with E-state index in [9.17, 15) is 9.59 Å². The van der Waals surface area contributed by atoms with Crippen molar-refractivity contribution < 1.29 is 19.1 Å². The SMILES string of the molecule is CCCCCC(OC(=O)C=Cc1ccccc1)OC(=O)C=Cc1ccccc1. The molecule has 2 aromatic carbocycles. The zero-order valence-corrected chi connectivity index (χ0v) is 16.1. The molecule has 0 saturated carbocycles. The van der Waals surface area contributed by atoms with Gasteiger partial charge in [-0.2, -0.15) is 0 Å². The molecular weight excluding hydrogens is 352 g/mol. The fraction of sp³-hybridized carbons (Fsp3) is 0.250. The summed E-state index contributed by atoms with van der Waals surface area (Å²) in [5.74, 6) is -1.07. The second-order valence-electron chi connectivity index (χ2n) is 6.29. The van der Waals surface area contributed by atoms with Crippen LogP contribution in [-0.2, 0) is 19.1 Å². The normalized spacial score (nSPS) is 12.2. The van der Waals surface area contributed by atoms with E-state index in [0.717, 1.165) is 30.4 Å². The molecular formula is C24H26O4. The van der Waals surface area contributed by atoms with Gasteiger partial charge in [0.05, 0.1) is 0 Å². The van der Waals surface area contributed by atoms with Crippen molar-refractivity contribution in [2.75, 3.05) is 0 Å². The van der Waals surface area contributed by atoms with Crippen LogP contribution < -0.4 is 0 Å². The molecule has 146 valence electrons. The Morgan fingerprint density at radius 3 is 1.68 bits per heavy atom. The minimum atomic E-state index is -0.896. The van der Waals surface area contributed by atoms with Crippen molar-refractivity contribution in [1.82, 2.24) is 0 Å². The summed E-state index contributed by atoms with van der Waals surface area (Å²) in [5, 5.41) is 0. The van der Waals surface area contributed by atoms with Crippen molar-refractivity contribution in [1.29, 1.82) is 0 Å². The number of unbranched alkanes of at least 4 members (excludes halogenated alkanes) is 2. The highest BCUT2D eigenvalue weighted by Gasteiger charge is 2.16. The minimum Gasteiger partial charge on any atom is -0.422 e. The Balaban J connectivity index is 1.92. The molecule has 0 fully saturated rings. The van der Waals surface area contributed by atoms with Gasteiger partial charge in [0, 0.05) is 18.6 Å². The Kier molecular flexibility index (Phi) is 9.28. The molecule has 0 saturated heterocycles. The van der Waals surface area contributed by atoms with Gasteiger partial charge in [-0.25, -0.2) is 9.59 Å². The Hall–Kier alpha value is -3.14. The maximum Gasteiger partial charge on any atom is 0.333 e. The molecule has 4 heteroatoms. The third kappa shape index (κ3) is 8.49. The average Bonchev–Trinajstić information content (AvgIpc) is 2.72. The first-order valence-corrected chi connectivity index (χ1v) is 9.55. The fourth-order valence-corrected chi connectivity index (χ4v) is 2.50. The van der Waals surface area contributed by atoms with Gasteiger partial charge < -0.3 is 9.47 Å². The molecule has 0 unspecified atom stereocenters. The van der Waals surface area contributed by atoms with Crippen molar-refractivity contribution in [2.24, 2.45) is 0 Å². The van der Waals surface area contributed by atoms with Gasteiger partial charge in [0.25, 0.3) is 0 Å². The van der Waals surface area contributed by atoms with Crippen LogP contribution in [0.5, 0.6) is 0 Å². The van der Waals surface area contributed by atoms with Crippen LogP contribution in [0, 0.1) is 0 Å². The summed E-state index contributed by atoms with van der Waals surface area (Å²) in [4.78, 5) is 24.2. The Bertz CT molecular complexity index is 715. The molecule has 0 amide bonds. The van der Waals surface area contributed by atoms with E-state index in [1.807, 2.05) is 60.7 Å². The highest BCUT2D eigenvalue weighted by atomic mass is 16.7. The van der Waals surface area contributed by atoms with E-state index < -0.39 is 18.2 Å². The quantitative estimate of drug-likeness (QED) is 0.240. The molecule has 2 rings (SSSR count). The number of rotatable bonds is 10. The zero-order chi connectivity index (χ0) is 20.0. The van der Waals surface area contributed by atoms with Crippen LogP contribution in [0.4, 0.5) is 0 Å². The third-order valence-corrected chi connectivity index (χ3v) is 3.96. The number of carbonyl (C=O) groups is 2. The Morgan fingerprint density at radius 2 is 1.25 bits per heavy atom. The Morgan fingerprint density at radius 1 is 0.786 bits per heavy atom. The van der Waals surface area contributed by atoms with Crippen LogP contribution in [-0.4, -0.2) is 18.2 Å². The molecule has 28 heavy (non-hydrogen) atoms. The summed E-state index contributed by atoms with van der Waals surface area (Å²) < 4.78 is 10.7. The summed E-state index contributed by atoms with van der Waals surface area (Å²) in [6.45, 7) is 2.08. The van der Waals surface area contributed by atoms with Crippen LogP contribution >= 0.6 is 0 Å². The zero-order valence-electron chi connectivity index (χ0n) is 16.1. The first-order chi connectivity index (χ1) is 13.7. The lowest BCUT2D eigenvalue weighted by molar-refractivity contribution is -0.181. The number of ether oxygens (including phenoxy) is 2. The van der Waals surface area contributed by atoms with Crippen molar-refractivity contribution >= 4 is 24.1 Å². The largest absolute Gasteiger partial charge is 0.422 e. The molecule has 4 nitrogen and oxygen atoms in total. The molecule has 0 aliphatic heterocycles. The molecule has 0 aliphatic rings. The fourth-order valence-electron chi connectivity index (χ4n) is 2.50. The maximum atomic E-state index is 12.1. The smallest absolute Gasteiger partial charge is 0.333 e. The lowest BCUT2D eigenvalue weighted by Gasteiger charge is -2.16. The van der Waals surface area contributed by atoms with Gasteiger partial charge in [0.15, 0.2) is 0 Å². The first-order valence-electron chi connectivity index (χ1n) is 9.55. The minimum absolute atomic E-state index is 0.476. The second kappa shape index (κ2) is 12.3. The molecule has 0 aliphatic carbocycles. The van der Waals surface area contributed by atoms with Gasteiger partial charge in [-0.15, -0.1) is 0 Å². The summed E-state index contributed by atoms with van der Waals surface area (Å²) in [6, 6.07) is 18.9. The number of benzene rings is 2. The van der Waals surface area contributed by atoms with Gasteiger partial charge in [0.1, 0.15) is 0 Å². The van der Waals surface area contributed by atoms with Crippen LogP contribution in [0.15, 0.2) is 72.8 Å². The van der Waals surface area contributed by atoms with Crippen LogP contribution in [0.25, 0.3) is 12.2 Å². The number of esters is 2. The Labute approximate surface area is 166 Å². The van der Waals surface area contributed by atoms with E-state index in [1.54, 1.807) is 12.2 Å². The van der Waals surface area contributed by atoms with E-state index in [4.69, 9.17) is 9.47 Å². The highest BCUT2D eigenvalue weighted by molar-refractivity contribution is 5.88. The summed E-state index contributed by atoms with van der Waals surface area (Å²) in [6.07, 6.45) is 8.42. The van der Waals surface area contributed by atoms with E-state index in [0.29, 0.717) is 6.42 Å². The number of hydrogen-bond acceptors (Lipinski definition) is 4. The second-order valence-corrected chi connectivity index (χ2v) is 6.29. The number of carbonyl (C=O) groups excluding carboxylic acids is 2. The molecule has 0 N–H and O–H groups in total. The molecule has 0 heterocycles. The topological polar surface area (TPSA) is 52.6 Å². The van der Waals surface area contributed by atoms with E-state index in [2.05, 4.69) is 6.92 Å². The van der Waals surface area contributed by atoms with Gasteiger partial charge in [-0.3, -0.25) is 0 Å². The van der Waals surface area contributed by atoms with Gasteiger partial charge in [-0.1, -0.05) is 80.4 Å². The van der Waals surface area contributed by atoms with Crippen molar-refractivity contribution in [3.8, 4) is 0 Å². The summed E-state index contributed by atoms with van der Waals surface area (Å²) in [5.41, 5.74) is 1.79. The number of hydrogen-bond donors (Lipinski definition) is 0.